The molecule has 3 rings (SSSR count). The van der Waals surface area contributed by atoms with Crippen LogP contribution in [0, 0.1) is 43.7 Å². The first-order valence-corrected chi connectivity index (χ1v) is 7.49. The normalized spacial score (nSPS) is 13.5. The van der Waals surface area contributed by atoms with E-state index in [9.17, 15) is 9.28 Å². The van der Waals surface area contributed by atoms with Crippen LogP contribution in [0.3, 0.4) is 0 Å². The zero-order valence-electron chi connectivity index (χ0n) is 12.6. The number of amides is 1. The number of hydrogen-bond acceptors (Lipinski definition) is 1. The fourth-order valence-electron chi connectivity index (χ4n) is 3.05. The molecule has 0 heterocycles. The van der Waals surface area contributed by atoms with Crippen LogP contribution in [0.15, 0.2) is 60.7 Å². The predicted molar refractivity (Wildman–Crippen MR) is 85.6 cm³/mol. The van der Waals surface area contributed by atoms with Gasteiger partial charge >= 0.3 is 0 Å². The quantitative estimate of drug-likeness (QED) is 0.826. The molecule has 1 atom stereocenters. The van der Waals surface area contributed by atoms with E-state index in [1.54, 1.807) is 0 Å². The molecular formula is C19H18ArFNO. The Kier molecular flexibility index (Phi) is 6.82. The molecule has 0 saturated heterocycles. The molecule has 0 aliphatic heterocycles. The molecule has 2 nitrogen and oxygen atoms in total. The maximum Gasteiger partial charge on any atom is 0.251 e. The zero-order valence-corrected chi connectivity index (χ0v) is 13.3. The molecule has 2 aromatic carbocycles. The minimum atomic E-state index is -0.547. The maximum atomic E-state index is 12.7. The Morgan fingerprint density at radius 1 is 1.04 bits per heavy atom. The van der Waals surface area contributed by atoms with Gasteiger partial charge in [-0.1, -0.05) is 60.7 Å². The second kappa shape index (κ2) is 8.62. The molecule has 0 fully saturated rings. The Balaban J connectivity index is 0.00000192. The van der Waals surface area contributed by atoms with E-state index in [1.807, 2.05) is 42.5 Å². The number of halogens is 1. The van der Waals surface area contributed by atoms with Crippen molar-refractivity contribution in [3.63, 3.8) is 0 Å². The van der Waals surface area contributed by atoms with Crippen LogP contribution >= 0.6 is 0 Å². The molecule has 0 bridgehead atoms. The van der Waals surface area contributed by atoms with Gasteiger partial charge in [-0.2, -0.15) is 5.54 Å². The average Bonchev–Trinajstić information content (AvgIpc) is 2.98. The summed E-state index contributed by atoms with van der Waals surface area (Å²) in [5.41, 5.74) is 5.96. The summed E-state index contributed by atoms with van der Waals surface area (Å²) in [5.74, 6) is -0.945. The van der Waals surface area contributed by atoms with Crippen molar-refractivity contribution >= 4 is 11.5 Å². The van der Waals surface area contributed by atoms with E-state index in [0.717, 1.165) is 17.6 Å². The summed E-state index contributed by atoms with van der Waals surface area (Å²) in [5, 5.41) is 0. The van der Waals surface area contributed by atoms with E-state index >= 15 is 0 Å². The number of hydrogen-bond donors (Lipinski definition) is 1. The molecule has 0 spiro atoms. The summed E-state index contributed by atoms with van der Waals surface area (Å²) in [6.07, 6.45) is 4.13. The van der Waals surface area contributed by atoms with Gasteiger partial charge in [0.1, 0.15) is 0 Å². The summed E-state index contributed by atoms with van der Waals surface area (Å²) in [6.45, 7) is 0. The van der Waals surface area contributed by atoms with Gasteiger partial charge in [0.2, 0.25) is 0 Å². The van der Waals surface area contributed by atoms with Gasteiger partial charge in [-0.15, -0.1) is 4.48 Å². The van der Waals surface area contributed by atoms with E-state index in [2.05, 4.69) is 18.2 Å². The van der Waals surface area contributed by atoms with Gasteiger partial charge in [-0.25, -0.2) is 0 Å². The summed E-state index contributed by atoms with van der Waals surface area (Å²) in [7, 11) is 0. The summed E-state index contributed by atoms with van der Waals surface area (Å²) < 4.78 is 12.7. The Labute approximate surface area is 165 Å². The molecule has 4 heteroatoms. The average molecular weight is 335 g/mol. The monoisotopic (exact) mass is 335 g/mol. The zero-order chi connectivity index (χ0) is 15.4. The van der Waals surface area contributed by atoms with Crippen LogP contribution in [-0.2, 0) is 17.6 Å². The number of carbonyl (C=O) groups is 1. The molecule has 23 heavy (non-hydrogen) atoms. The van der Waals surface area contributed by atoms with Crippen molar-refractivity contribution in [3.05, 3.63) is 77.4 Å². The molecule has 1 aliphatic carbocycles. The van der Waals surface area contributed by atoms with E-state index in [1.165, 1.54) is 16.7 Å². The molecule has 0 aromatic heterocycles. The molecule has 1 amide bonds. The van der Waals surface area contributed by atoms with E-state index in [4.69, 9.17) is 0 Å². The smallest absolute Gasteiger partial charge is 0.251 e. The number of allylic oxidation sites excluding steroid dienone is 2. The Bertz CT molecular complexity index is 700. The largest absolute Gasteiger partial charge is 0.272 e. The summed E-state index contributed by atoms with van der Waals surface area (Å²) in [4.78, 5) is 11.9. The number of benzene rings is 2. The van der Waals surface area contributed by atoms with Crippen molar-refractivity contribution in [2.45, 2.75) is 19.3 Å². The van der Waals surface area contributed by atoms with Gasteiger partial charge < -0.3 is 0 Å². The standard InChI is InChI=1S/C19H18FNO.Ar/c20-21-19(22)17(12-14-6-2-1-3-7-14)13-16-11-10-15-8-4-5-9-18(15)16;/h1-9,11,17H,10,12-13H2,(H,21,22);/t17-;/m1./s1. The van der Waals surface area contributed by atoms with Gasteiger partial charge in [0.15, 0.2) is 0 Å². The van der Waals surface area contributed by atoms with E-state index in [-0.39, 0.29) is 37.7 Å². The number of fused-ring (bicyclic) bond motifs is 1. The molecule has 2 aromatic rings. The van der Waals surface area contributed by atoms with E-state index in [0.29, 0.717) is 12.8 Å². The number of nitrogens with one attached hydrogen (secondary N) is 1. The molecular weight excluding hydrogens is 317 g/mol. The Morgan fingerprint density at radius 2 is 1.74 bits per heavy atom. The molecule has 120 valence electrons. The molecule has 0 radical (unpaired) electrons. The first kappa shape index (κ1) is 18.2. The number of rotatable bonds is 5. The van der Waals surface area contributed by atoms with Crippen LogP contribution in [0.25, 0.3) is 5.57 Å². The summed E-state index contributed by atoms with van der Waals surface area (Å²) >= 11 is 0. The molecule has 0 unspecified atom stereocenters. The number of carbonyl (C=O) groups excluding carboxylic acids is 1. The Hall–Kier alpha value is -1.16. The molecule has 1 N–H and O–H groups in total. The SMILES string of the molecule is O=C(NF)[C@@H](CC1=CCc2ccccc21)Cc1ccccc1.[Ar]. The third-order valence-corrected chi connectivity index (χ3v) is 4.19. The van der Waals surface area contributed by atoms with Crippen molar-refractivity contribution in [1.82, 2.24) is 5.54 Å². The van der Waals surface area contributed by atoms with Crippen molar-refractivity contribution in [3.8, 4) is 0 Å². The third-order valence-electron chi connectivity index (χ3n) is 4.19. The second-order valence-electron chi connectivity index (χ2n) is 5.64. The van der Waals surface area contributed by atoms with E-state index < -0.39 is 11.8 Å². The van der Waals surface area contributed by atoms with Crippen LogP contribution in [0.5, 0.6) is 0 Å². The van der Waals surface area contributed by atoms with Crippen LogP contribution in [-0.4, -0.2) is 5.91 Å². The minimum Gasteiger partial charge on any atom is -0.272 e. The molecule has 1 aliphatic rings. The first-order valence-electron chi connectivity index (χ1n) is 7.49. The predicted octanol–water partition coefficient (Wildman–Crippen LogP) is 3.88. The van der Waals surface area contributed by atoms with Crippen molar-refractivity contribution < 1.29 is 47.0 Å². The minimum absolute atomic E-state index is 0. The topological polar surface area (TPSA) is 29.1 Å². The second-order valence-corrected chi connectivity index (χ2v) is 5.64. The fourth-order valence-corrected chi connectivity index (χ4v) is 3.05. The first-order chi connectivity index (χ1) is 10.8. The molecule has 0 saturated carbocycles. The van der Waals surface area contributed by atoms with Gasteiger partial charge in [0.25, 0.3) is 5.91 Å². The maximum absolute atomic E-state index is 12.7. The Morgan fingerprint density at radius 3 is 2.48 bits per heavy atom. The van der Waals surface area contributed by atoms with Crippen LogP contribution in [0.1, 0.15) is 23.1 Å². The van der Waals surface area contributed by atoms with Gasteiger partial charge in [0, 0.05) is 43.7 Å². The van der Waals surface area contributed by atoms with Gasteiger partial charge in [-0.05, 0) is 41.5 Å². The van der Waals surface area contributed by atoms with Crippen molar-refractivity contribution in [1.29, 1.82) is 0 Å². The fraction of sp³-hybridized carbons (Fsp3) is 0.211. The van der Waals surface area contributed by atoms with Gasteiger partial charge in [0.05, 0.1) is 0 Å². The van der Waals surface area contributed by atoms with Crippen molar-refractivity contribution in [2.75, 3.05) is 0 Å². The summed E-state index contributed by atoms with van der Waals surface area (Å²) in [6, 6.07) is 17.9. The van der Waals surface area contributed by atoms with Crippen molar-refractivity contribution in [2.24, 2.45) is 5.92 Å². The third kappa shape index (κ3) is 4.43. The van der Waals surface area contributed by atoms with Crippen LogP contribution in [0.4, 0.5) is 4.48 Å². The van der Waals surface area contributed by atoms with Crippen LogP contribution < -0.4 is 5.54 Å². The van der Waals surface area contributed by atoms with Gasteiger partial charge in [-0.3, -0.25) is 4.79 Å². The van der Waals surface area contributed by atoms with Crippen LogP contribution in [0.2, 0.25) is 0 Å².